The summed E-state index contributed by atoms with van der Waals surface area (Å²) in [5.74, 6) is 0.108. The van der Waals surface area contributed by atoms with Gasteiger partial charge in [-0.15, -0.1) is 0 Å². The lowest BCUT2D eigenvalue weighted by molar-refractivity contribution is -0.137. The molecule has 1 aromatic carbocycles. The number of ether oxygens (including phenoxy) is 1. The molecule has 21 heavy (non-hydrogen) atoms. The lowest BCUT2D eigenvalue weighted by Crippen LogP contribution is -2.26. The highest BCUT2D eigenvalue weighted by atomic mass is 32.2. The van der Waals surface area contributed by atoms with Crippen molar-refractivity contribution in [1.82, 2.24) is 4.90 Å². The highest BCUT2D eigenvalue weighted by molar-refractivity contribution is 8.18. The average Bonchev–Trinajstić information content (AvgIpc) is 2.69. The molecule has 0 radical (unpaired) electrons. The summed E-state index contributed by atoms with van der Waals surface area (Å²) in [6, 6.07) is 8.20. The van der Waals surface area contributed by atoms with Crippen LogP contribution in [0, 0.1) is 0 Å². The molecule has 0 aliphatic carbocycles. The van der Waals surface area contributed by atoms with E-state index in [1.54, 1.807) is 0 Å². The molecular weight excluding hydrogens is 284 g/mol. The summed E-state index contributed by atoms with van der Waals surface area (Å²) < 4.78 is 5.13. The fourth-order valence-electron chi connectivity index (χ4n) is 2.65. The van der Waals surface area contributed by atoms with Crippen molar-refractivity contribution >= 4 is 28.6 Å². The molecule has 5 heteroatoms. The average molecular weight is 302 g/mol. The predicted octanol–water partition coefficient (Wildman–Crippen LogP) is 3.63. The van der Waals surface area contributed by atoms with Crippen LogP contribution < -0.4 is 0 Å². The Hall–Kier alpha value is -1.75. The van der Waals surface area contributed by atoms with E-state index in [9.17, 15) is 4.79 Å². The van der Waals surface area contributed by atoms with Crippen LogP contribution in [0.5, 0.6) is 0 Å². The van der Waals surface area contributed by atoms with Gasteiger partial charge >= 0.3 is 5.97 Å². The quantitative estimate of drug-likeness (QED) is 0.782. The Morgan fingerprint density at radius 1 is 1.48 bits per heavy atom. The Labute approximate surface area is 128 Å². The van der Waals surface area contributed by atoms with Gasteiger partial charge in [-0.1, -0.05) is 25.1 Å². The van der Waals surface area contributed by atoms with Gasteiger partial charge in [0.2, 0.25) is 0 Å². The molecule has 0 N–H and O–H groups in total. The zero-order valence-corrected chi connectivity index (χ0v) is 13.2. The van der Waals surface area contributed by atoms with E-state index in [2.05, 4.69) is 17.9 Å². The molecule has 2 heterocycles. The van der Waals surface area contributed by atoms with Crippen LogP contribution in [-0.2, 0) is 9.53 Å². The number of fused-ring (bicyclic) bond motifs is 2. The molecule has 3 rings (SSSR count). The number of carbonyl (C=O) groups excluding carboxylic acids is 1. The SMILES string of the molecule is CCOC(=O)C1=C(C)N2CC(C)c3ccccc3N=C2S1. The number of thioether (sulfide) groups is 1. The number of esters is 1. The van der Waals surface area contributed by atoms with Crippen LogP contribution >= 0.6 is 11.8 Å². The molecule has 0 fully saturated rings. The third-order valence-corrected chi connectivity index (χ3v) is 4.92. The van der Waals surface area contributed by atoms with Crippen LogP contribution in [0.25, 0.3) is 0 Å². The van der Waals surface area contributed by atoms with Crippen molar-refractivity contribution in [1.29, 1.82) is 0 Å². The number of benzene rings is 1. The maximum atomic E-state index is 12.0. The van der Waals surface area contributed by atoms with Crippen LogP contribution in [0.15, 0.2) is 39.9 Å². The molecule has 1 aromatic rings. The van der Waals surface area contributed by atoms with E-state index < -0.39 is 0 Å². The van der Waals surface area contributed by atoms with Crippen molar-refractivity contribution in [2.24, 2.45) is 4.99 Å². The van der Waals surface area contributed by atoms with Gasteiger partial charge in [-0.25, -0.2) is 9.79 Å². The number of allylic oxidation sites excluding steroid dienone is 1. The molecule has 4 nitrogen and oxygen atoms in total. The van der Waals surface area contributed by atoms with E-state index in [-0.39, 0.29) is 5.97 Å². The first kappa shape index (κ1) is 14.2. The predicted molar refractivity (Wildman–Crippen MR) is 85.6 cm³/mol. The summed E-state index contributed by atoms with van der Waals surface area (Å²) in [5.41, 5.74) is 3.19. The number of amidine groups is 1. The van der Waals surface area contributed by atoms with E-state index in [1.807, 2.05) is 32.0 Å². The van der Waals surface area contributed by atoms with Crippen LogP contribution in [0.1, 0.15) is 32.3 Å². The molecule has 1 unspecified atom stereocenters. The topological polar surface area (TPSA) is 41.9 Å². The van der Waals surface area contributed by atoms with Crippen molar-refractivity contribution in [2.45, 2.75) is 26.7 Å². The Balaban J connectivity index is 1.98. The van der Waals surface area contributed by atoms with Gasteiger partial charge in [0.25, 0.3) is 0 Å². The van der Waals surface area contributed by atoms with Crippen LogP contribution in [0.2, 0.25) is 0 Å². The number of carbonyl (C=O) groups is 1. The van der Waals surface area contributed by atoms with Gasteiger partial charge < -0.3 is 9.64 Å². The highest BCUT2D eigenvalue weighted by Crippen LogP contribution is 2.41. The smallest absolute Gasteiger partial charge is 0.346 e. The Kier molecular flexibility index (Phi) is 3.76. The van der Waals surface area contributed by atoms with Gasteiger partial charge in [0.1, 0.15) is 4.91 Å². The van der Waals surface area contributed by atoms with E-state index in [0.717, 1.165) is 23.1 Å². The lowest BCUT2D eigenvalue weighted by Gasteiger charge is -2.21. The summed E-state index contributed by atoms with van der Waals surface area (Å²) in [6.45, 7) is 7.20. The van der Waals surface area contributed by atoms with Crippen LogP contribution in [-0.4, -0.2) is 29.2 Å². The van der Waals surface area contributed by atoms with Gasteiger partial charge in [0.05, 0.1) is 12.3 Å². The fourth-order valence-corrected chi connectivity index (χ4v) is 3.70. The first-order valence-electron chi connectivity index (χ1n) is 7.12. The molecule has 0 saturated carbocycles. The lowest BCUT2D eigenvalue weighted by atomic mass is 9.99. The Morgan fingerprint density at radius 2 is 2.24 bits per heavy atom. The number of nitrogens with zero attached hydrogens (tertiary/aromatic N) is 2. The largest absolute Gasteiger partial charge is 0.462 e. The summed E-state index contributed by atoms with van der Waals surface area (Å²) in [4.78, 5) is 19.6. The zero-order valence-electron chi connectivity index (χ0n) is 12.4. The van der Waals surface area contributed by atoms with Gasteiger partial charge in [0.15, 0.2) is 5.17 Å². The minimum Gasteiger partial charge on any atom is -0.462 e. The van der Waals surface area contributed by atoms with Gasteiger partial charge in [0, 0.05) is 18.2 Å². The second-order valence-electron chi connectivity index (χ2n) is 5.20. The van der Waals surface area contributed by atoms with Crippen LogP contribution in [0.3, 0.4) is 0 Å². The minimum atomic E-state index is -0.253. The number of hydrogen-bond donors (Lipinski definition) is 0. The van der Waals surface area contributed by atoms with Gasteiger partial charge in [-0.3, -0.25) is 0 Å². The second-order valence-corrected chi connectivity index (χ2v) is 6.18. The molecule has 0 bridgehead atoms. The zero-order chi connectivity index (χ0) is 15.0. The van der Waals surface area contributed by atoms with Gasteiger partial charge in [-0.2, -0.15) is 0 Å². The molecule has 110 valence electrons. The first-order chi connectivity index (χ1) is 10.1. The standard InChI is InChI=1S/C16H18N2O2S/c1-4-20-15(19)14-11(3)18-9-10(2)12-7-5-6-8-13(12)17-16(18)21-14/h5-8,10H,4,9H2,1-3H3. The van der Waals surface area contributed by atoms with E-state index in [1.165, 1.54) is 17.3 Å². The maximum absolute atomic E-state index is 12.0. The number of aliphatic imine (C=N–C) groups is 1. The molecule has 0 aromatic heterocycles. The van der Waals surface area contributed by atoms with Crippen LogP contribution in [0.4, 0.5) is 5.69 Å². The Bertz CT molecular complexity index is 651. The number of hydrogen-bond acceptors (Lipinski definition) is 5. The first-order valence-corrected chi connectivity index (χ1v) is 7.94. The van der Waals surface area contributed by atoms with Gasteiger partial charge in [-0.05, 0) is 37.2 Å². The summed E-state index contributed by atoms with van der Waals surface area (Å²) in [7, 11) is 0. The van der Waals surface area contributed by atoms with Crippen molar-refractivity contribution in [3.05, 3.63) is 40.4 Å². The normalized spacial score (nSPS) is 20.6. The van der Waals surface area contributed by atoms with E-state index in [0.29, 0.717) is 17.4 Å². The molecule has 1 atom stereocenters. The molecular formula is C16H18N2O2S. The van der Waals surface area contributed by atoms with Crippen molar-refractivity contribution in [2.75, 3.05) is 13.2 Å². The summed E-state index contributed by atoms with van der Waals surface area (Å²) in [6.07, 6.45) is 0. The fraction of sp³-hybridized carbons (Fsp3) is 0.375. The number of rotatable bonds is 2. The van der Waals surface area contributed by atoms with Crippen molar-refractivity contribution in [3.8, 4) is 0 Å². The summed E-state index contributed by atoms with van der Waals surface area (Å²) in [5, 5.41) is 0.868. The molecule has 2 aliphatic heterocycles. The van der Waals surface area contributed by atoms with E-state index >= 15 is 0 Å². The third-order valence-electron chi connectivity index (χ3n) is 3.76. The maximum Gasteiger partial charge on any atom is 0.346 e. The Morgan fingerprint density at radius 3 is 3.00 bits per heavy atom. The number of para-hydroxylation sites is 1. The highest BCUT2D eigenvalue weighted by Gasteiger charge is 2.34. The minimum absolute atomic E-state index is 0.253. The molecule has 0 spiro atoms. The second kappa shape index (κ2) is 5.56. The monoisotopic (exact) mass is 302 g/mol. The van der Waals surface area contributed by atoms with Crippen molar-refractivity contribution < 1.29 is 9.53 Å². The summed E-state index contributed by atoms with van der Waals surface area (Å²) >= 11 is 1.41. The van der Waals surface area contributed by atoms with E-state index in [4.69, 9.17) is 9.73 Å². The molecule has 0 saturated heterocycles. The van der Waals surface area contributed by atoms with Crippen molar-refractivity contribution in [3.63, 3.8) is 0 Å². The molecule has 2 aliphatic rings. The molecule has 0 amide bonds. The third kappa shape index (κ3) is 2.46.